The van der Waals surface area contributed by atoms with Crippen molar-refractivity contribution in [1.29, 1.82) is 0 Å². The minimum absolute atomic E-state index is 0.154. The summed E-state index contributed by atoms with van der Waals surface area (Å²) in [5.41, 5.74) is 2.53. The van der Waals surface area contributed by atoms with Crippen molar-refractivity contribution in [2.24, 2.45) is 5.41 Å². The topological polar surface area (TPSA) is 38.0 Å². The van der Waals surface area contributed by atoms with E-state index in [0.29, 0.717) is 0 Å². The zero-order valence-electron chi connectivity index (χ0n) is 12.6. The molecule has 0 radical (unpaired) electrons. The van der Waals surface area contributed by atoms with Crippen molar-refractivity contribution < 1.29 is 5.11 Å². The third-order valence-electron chi connectivity index (χ3n) is 4.22. The van der Waals surface area contributed by atoms with Gasteiger partial charge in [0.15, 0.2) is 0 Å². The molecule has 2 aromatic heterocycles. The molecule has 0 spiro atoms. The number of rotatable bonds is 2. The second kappa shape index (κ2) is 4.71. The van der Waals surface area contributed by atoms with Crippen LogP contribution in [0.5, 0.6) is 0 Å². The summed E-state index contributed by atoms with van der Waals surface area (Å²) < 4.78 is 2.29. The molecule has 1 N–H and O–H groups in total. The van der Waals surface area contributed by atoms with Gasteiger partial charge in [-0.1, -0.05) is 13.8 Å². The van der Waals surface area contributed by atoms with Gasteiger partial charge < -0.3 is 9.67 Å². The molecule has 1 aliphatic carbocycles. The standard InChI is InChI=1S/C16H22N2OS/c1-10-9-17-15(20-10)11(2)18-6-5-12-13(18)7-16(3,4)8-14(12)19/h5-6,9,11,14,19H,7-8H2,1-4H3. The number of aliphatic hydroxyl groups is 1. The fourth-order valence-corrected chi connectivity index (χ4v) is 4.02. The highest BCUT2D eigenvalue weighted by Crippen LogP contribution is 2.42. The third-order valence-corrected chi connectivity index (χ3v) is 5.31. The molecule has 1 aliphatic rings. The van der Waals surface area contributed by atoms with Crippen LogP contribution < -0.4 is 0 Å². The number of hydrogen-bond donors (Lipinski definition) is 1. The smallest absolute Gasteiger partial charge is 0.115 e. The molecule has 2 atom stereocenters. The Hall–Kier alpha value is -1.13. The first kappa shape index (κ1) is 13.8. The Morgan fingerprint density at radius 2 is 2.25 bits per heavy atom. The van der Waals surface area contributed by atoms with E-state index >= 15 is 0 Å². The maximum Gasteiger partial charge on any atom is 0.115 e. The van der Waals surface area contributed by atoms with Crippen LogP contribution in [0.2, 0.25) is 0 Å². The SMILES string of the molecule is Cc1cnc(C(C)n2ccc3c2CC(C)(C)CC3O)s1. The zero-order valence-corrected chi connectivity index (χ0v) is 13.4. The van der Waals surface area contributed by atoms with Gasteiger partial charge in [0.25, 0.3) is 0 Å². The lowest BCUT2D eigenvalue weighted by molar-refractivity contribution is 0.0977. The van der Waals surface area contributed by atoms with E-state index in [0.717, 1.165) is 23.4 Å². The van der Waals surface area contributed by atoms with Crippen molar-refractivity contribution in [3.63, 3.8) is 0 Å². The van der Waals surface area contributed by atoms with Crippen LogP contribution >= 0.6 is 11.3 Å². The number of hydrogen-bond acceptors (Lipinski definition) is 3. The van der Waals surface area contributed by atoms with Crippen LogP contribution in [0.25, 0.3) is 0 Å². The molecule has 3 rings (SSSR count). The average molecular weight is 290 g/mol. The second-order valence-electron chi connectivity index (χ2n) is 6.67. The van der Waals surface area contributed by atoms with Crippen LogP contribution in [0.3, 0.4) is 0 Å². The summed E-state index contributed by atoms with van der Waals surface area (Å²) in [6.07, 6.45) is 5.57. The average Bonchev–Trinajstić information content (AvgIpc) is 2.93. The Kier molecular flexibility index (Phi) is 3.26. The summed E-state index contributed by atoms with van der Waals surface area (Å²) in [6.45, 7) is 8.74. The lowest BCUT2D eigenvalue weighted by Gasteiger charge is -2.34. The molecule has 2 unspecified atom stereocenters. The Labute approximate surface area is 124 Å². The molecule has 108 valence electrons. The van der Waals surface area contributed by atoms with Gasteiger partial charge in [-0.15, -0.1) is 11.3 Å². The van der Waals surface area contributed by atoms with E-state index in [2.05, 4.69) is 49.5 Å². The predicted octanol–water partition coefficient (Wildman–Crippen LogP) is 3.87. The summed E-state index contributed by atoms with van der Waals surface area (Å²) >= 11 is 1.75. The molecule has 0 amide bonds. The summed E-state index contributed by atoms with van der Waals surface area (Å²) in [5.74, 6) is 0. The van der Waals surface area contributed by atoms with E-state index in [9.17, 15) is 5.11 Å². The molecule has 20 heavy (non-hydrogen) atoms. The first-order chi connectivity index (χ1) is 9.37. The Balaban J connectivity index is 2.00. The highest BCUT2D eigenvalue weighted by molar-refractivity contribution is 7.11. The van der Waals surface area contributed by atoms with Gasteiger partial charge in [-0.3, -0.25) is 0 Å². The van der Waals surface area contributed by atoms with Gasteiger partial charge in [0.05, 0.1) is 12.1 Å². The van der Waals surface area contributed by atoms with Crippen molar-refractivity contribution in [3.8, 4) is 0 Å². The molecule has 2 aromatic rings. The Bertz CT molecular complexity index is 626. The van der Waals surface area contributed by atoms with Gasteiger partial charge in [0.2, 0.25) is 0 Å². The predicted molar refractivity (Wildman–Crippen MR) is 82.2 cm³/mol. The lowest BCUT2D eigenvalue weighted by Crippen LogP contribution is -2.27. The first-order valence-corrected chi connectivity index (χ1v) is 7.99. The first-order valence-electron chi connectivity index (χ1n) is 7.17. The highest BCUT2D eigenvalue weighted by Gasteiger charge is 2.34. The summed E-state index contributed by atoms with van der Waals surface area (Å²) in [7, 11) is 0. The van der Waals surface area contributed by atoms with E-state index in [1.54, 1.807) is 11.3 Å². The van der Waals surface area contributed by atoms with Gasteiger partial charge in [-0.05, 0) is 38.2 Å². The van der Waals surface area contributed by atoms with Crippen molar-refractivity contribution in [2.45, 2.75) is 52.7 Å². The summed E-state index contributed by atoms with van der Waals surface area (Å²) in [5, 5.41) is 11.5. The second-order valence-corrected chi connectivity index (χ2v) is 7.94. The zero-order chi connectivity index (χ0) is 14.5. The summed E-state index contributed by atoms with van der Waals surface area (Å²) in [6, 6.07) is 2.31. The van der Waals surface area contributed by atoms with E-state index in [1.165, 1.54) is 10.6 Å². The van der Waals surface area contributed by atoms with Gasteiger partial charge in [0, 0.05) is 28.5 Å². The quantitative estimate of drug-likeness (QED) is 0.912. The fourth-order valence-electron chi connectivity index (χ4n) is 3.20. The van der Waals surface area contributed by atoms with E-state index in [1.807, 2.05) is 6.20 Å². The molecule has 3 nitrogen and oxygen atoms in total. The van der Waals surface area contributed by atoms with Crippen LogP contribution in [0.15, 0.2) is 18.5 Å². The van der Waals surface area contributed by atoms with E-state index < -0.39 is 0 Å². The van der Waals surface area contributed by atoms with Gasteiger partial charge in [-0.25, -0.2) is 4.98 Å². The Morgan fingerprint density at radius 1 is 1.50 bits per heavy atom. The maximum absolute atomic E-state index is 10.3. The highest BCUT2D eigenvalue weighted by atomic mass is 32.1. The Morgan fingerprint density at radius 3 is 2.90 bits per heavy atom. The summed E-state index contributed by atoms with van der Waals surface area (Å²) in [4.78, 5) is 5.75. The minimum Gasteiger partial charge on any atom is -0.388 e. The van der Waals surface area contributed by atoms with Crippen molar-refractivity contribution in [2.75, 3.05) is 0 Å². The lowest BCUT2D eigenvalue weighted by atomic mass is 9.75. The number of aryl methyl sites for hydroxylation is 1. The van der Waals surface area contributed by atoms with Crippen LogP contribution in [0.4, 0.5) is 0 Å². The van der Waals surface area contributed by atoms with Gasteiger partial charge >= 0.3 is 0 Å². The van der Waals surface area contributed by atoms with E-state index in [-0.39, 0.29) is 17.6 Å². The molecule has 0 aliphatic heterocycles. The van der Waals surface area contributed by atoms with Gasteiger partial charge in [0.1, 0.15) is 5.01 Å². The largest absolute Gasteiger partial charge is 0.388 e. The van der Waals surface area contributed by atoms with Crippen LogP contribution in [-0.2, 0) is 6.42 Å². The van der Waals surface area contributed by atoms with Crippen LogP contribution in [0.1, 0.15) is 60.5 Å². The third kappa shape index (κ3) is 2.31. The number of nitrogens with zero attached hydrogens (tertiary/aromatic N) is 2. The molecular weight excluding hydrogens is 268 g/mol. The van der Waals surface area contributed by atoms with Crippen molar-refractivity contribution in [3.05, 3.63) is 39.6 Å². The minimum atomic E-state index is -0.333. The number of aromatic nitrogens is 2. The molecule has 2 heterocycles. The normalized spacial score (nSPS) is 22.6. The molecule has 4 heteroatoms. The molecular formula is C16H22N2OS. The fraction of sp³-hybridized carbons (Fsp3) is 0.562. The van der Waals surface area contributed by atoms with Gasteiger partial charge in [-0.2, -0.15) is 0 Å². The molecule has 0 aromatic carbocycles. The van der Waals surface area contributed by atoms with Crippen LogP contribution in [-0.4, -0.2) is 14.7 Å². The van der Waals surface area contributed by atoms with Crippen molar-refractivity contribution in [1.82, 2.24) is 9.55 Å². The van der Waals surface area contributed by atoms with Crippen molar-refractivity contribution >= 4 is 11.3 Å². The number of aliphatic hydroxyl groups excluding tert-OH is 1. The van der Waals surface area contributed by atoms with E-state index in [4.69, 9.17) is 0 Å². The molecule has 0 fully saturated rings. The molecule has 0 saturated heterocycles. The maximum atomic E-state index is 10.3. The molecule has 0 bridgehead atoms. The monoisotopic (exact) mass is 290 g/mol. The molecule has 0 saturated carbocycles. The number of fused-ring (bicyclic) bond motifs is 1. The van der Waals surface area contributed by atoms with Crippen LogP contribution in [0, 0.1) is 12.3 Å². The number of thiazole rings is 1.